The van der Waals surface area contributed by atoms with E-state index in [-0.39, 0.29) is 6.03 Å². The van der Waals surface area contributed by atoms with Gasteiger partial charge in [0.1, 0.15) is 5.82 Å². The second-order valence-corrected chi connectivity index (χ2v) is 7.50. The topological polar surface area (TPSA) is 73.5 Å². The molecule has 154 valence electrons. The number of aromatic nitrogens is 2. The second-order valence-electron chi connectivity index (χ2n) is 7.50. The minimum atomic E-state index is 0.00368. The van der Waals surface area contributed by atoms with E-state index in [4.69, 9.17) is 4.74 Å². The van der Waals surface area contributed by atoms with Crippen molar-refractivity contribution in [1.82, 2.24) is 25.1 Å². The summed E-state index contributed by atoms with van der Waals surface area (Å²) < 4.78 is 5.40. The van der Waals surface area contributed by atoms with Crippen LogP contribution in [-0.2, 0) is 11.2 Å². The third-order valence-electron chi connectivity index (χ3n) is 5.56. The molecule has 7 nitrogen and oxygen atoms in total. The Balaban J connectivity index is 1.44. The van der Waals surface area contributed by atoms with Crippen molar-refractivity contribution < 1.29 is 9.53 Å². The van der Waals surface area contributed by atoms with Gasteiger partial charge in [-0.3, -0.25) is 4.90 Å². The number of imidazole rings is 1. The van der Waals surface area contributed by atoms with E-state index in [0.717, 1.165) is 56.0 Å². The molecule has 1 aromatic heterocycles. The molecule has 1 aromatic carbocycles. The smallest absolute Gasteiger partial charge is 0.317 e. The SMILES string of the molecule is CCN(CCc1nc2c(C)cccc2[nH]1)C(=O)NCC[C@H](C)N1CCOCC1. The summed E-state index contributed by atoms with van der Waals surface area (Å²) in [6.07, 6.45) is 1.67. The van der Waals surface area contributed by atoms with Crippen LogP contribution in [0.1, 0.15) is 31.7 Å². The van der Waals surface area contributed by atoms with Crippen molar-refractivity contribution in [3.05, 3.63) is 29.6 Å². The van der Waals surface area contributed by atoms with E-state index in [2.05, 4.69) is 40.1 Å². The Morgan fingerprint density at radius 1 is 1.39 bits per heavy atom. The highest BCUT2D eigenvalue weighted by Gasteiger charge is 2.18. The summed E-state index contributed by atoms with van der Waals surface area (Å²) in [7, 11) is 0. The van der Waals surface area contributed by atoms with Gasteiger partial charge in [0, 0.05) is 45.2 Å². The Morgan fingerprint density at radius 3 is 2.89 bits per heavy atom. The minimum Gasteiger partial charge on any atom is -0.379 e. The van der Waals surface area contributed by atoms with Gasteiger partial charge in [0.15, 0.2) is 0 Å². The summed E-state index contributed by atoms with van der Waals surface area (Å²) >= 11 is 0. The van der Waals surface area contributed by atoms with Crippen LogP contribution in [0.2, 0.25) is 0 Å². The molecule has 0 saturated carbocycles. The summed E-state index contributed by atoms with van der Waals surface area (Å²) in [6, 6.07) is 6.60. The number of nitrogens with zero attached hydrogens (tertiary/aromatic N) is 3. The summed E-state index contributed by atoms with van der Waals surface area (Å²) in [4.78, 5) is 24.9. The first kappa shape index (κ1) is 20.6. The van der Waals surface area contributed by atoms with Gasteiger partial charge in [0.05, 0.1) is 24.2 Å². The number of ether oxygens (including phenoxy) is 1. The van der Waals surface area contributed by atoms with Gasteiger partial charge in [0.2, 0.25) is 0 Å². The first-order chi connectivity index (χ1) is 13.6. The predicted molar refractivity (Wildman–Crippen MR) is 112 cm³/mol. The molecule has 0 spiro atoms. The fraction of sp³-hybridized carbons (Fsp3) is 0.619. The molecule has 1 atom stereocenters. The van der Waals surface area contributed by atoms with E-state index < -0.39 is 0 Å². The Morgan fingerprint density at radius 2 is 2.18 bits per heavy atom. The molecule has 0 aliphatic carbocycles. The van der Waals surface area contributed by atoms with E-state index >= 15 is 0 Å². The van der Waals surface area contributed by atoms with Crippen LogP contribution >= 0.6 is 0 Å². The zero-order chi connectivity index (χ0) is 19.9. The lowest BCUT2D eigenvalue weighted by Crippen LogP contribution is -2.45. The number of hydrogen-bond acceptors (Lipinski definition) is 4. The molecule has 2 amide bonds. The van der Waals surface area contributed by atoms with Gasteiger partial charge in [-0.1, -0.05) is 12.1 Å². The molecule has 2 aromatic rings. The highest BCUT2D eigenvalue weighted by molar-refractivity contribution is 5.78. The lowest BCUT2D eigenvalue weighted by atomic mass is 10.2. The fourth-order valence-electron chi connectivity index (χ4n) is 3.69. The van der Waals surface area contributed by atoms with E-state index in [9.17, 15) is 4.79 Å². The van der Waals surface area contributed by atoms with Crippen molar-refractivity contribution in [2.75, 3.05) is 45.9 Å². The van der Waals surface area contributed by atoms with Gasteiger partial charge >= 0.3 is 6.03 Å². The summed E-state index contributed by atoms with van der Waals surface area (Å²) in [5.74, 6) is 0.927. The van der Waals surface area contributed by atoms with Gasteiger partial charge < -0.3 is 19.9 Å². The van der Waals surface area contributed by atoms with Crippen LogP contribution in [0.15, 0.2) is 18.2 Å². The third-order valence-corrected chi connectivity index (χ3v) is 5.56. The second kappa shape index (κ2) is 9.89. The number of benzene rings is 1. The Kier molecular flexibility index (Phi) is 7.28. The van der Waals surface area contributed by atoms with E-state index in [1.807, 2.05) is 24.0 Å². The van der Waals surface area contributed by atoms with Gasteiger partial charge in [-0.25, -0.2) is 9.78 Å². The molecule has 1 saturated heterocycles. The number of carbonyl (C=O) groups excluding carboxylic acids is 1. The van der Waals surface area contributed by atoms with Crippen LogP contribution in [-0.4, -0.2) is 77.8 Å². The molecule has 2 heterocycles. The van der Waals surface area contributed by atoms with Crippen LogP contribution in [0.3, 0.4) is 0 Å². The summed E-state index contributed by atoms with van der Waals surface area (Å²) in [5.41, 5.74) is 3.24. The molecule has 1 aliphatic rings. The van der Waals surface area contributed by atoms with Crippen molar-refractivity contribution >= 4 is 17.1 Å². The zero-order valence-electron chi connectivity index (χ0n) is 17.3. The summed E-state index contributed by atoms with van der Waals surface area (Å²) in [5, 5.41) is 3.07. The number of H-pyrrole nitrogens is 1. The van der Waals surface area contributed by atoms with Crippen molar-refractivity contribution in [2.45, 2.75) is 39.7 Å². The van der Waals surface area contributed by atoms with Crippen LogP contribution in [0.4, 0.5) is 4.79 Å². The number of hydrogen-bond donors (Lipinski definition) is 2. The first-order valence-corrected chi connectivity index (χ1v) is 10.4. The predicted octanol–water partition coefficient (Wildman–Crippen LogP) is 2.56. The van der Waals surface area contributed by atoms with E-state index in [0.29, 0.717) is 25.7 Å². The molecule has 0 unspecified atom stereocenters. The van der Waals surface area contributed by atoms with Crippen molar-refractivity contribution in [3.63, 3.8) is 0 Å². The van der Waals surface area contributed by atoms with Crippen molar-refractivity contribution in [1.29, 1.82) is 0 Å². The number of nitrogens with one attached hydrogen (secondary N) is 2. The van der Waals surface area contributed by atoms with Crippen LogP contribution in [0, 0.1) is 6.92 Å². The number of aromatic amines is 1. The maximum absolute atomic E-state index is 12.5. The zero-order valence-corrected chi connectivity index (χ0v) is 17.3. The number of morpholine rings is 1. The number of rotatable bonds is 8. The first-order valence-electron chi connectivity index (χ1n) is 10.4. The molecule has 3 rings (SSSR count). The number of fused-ring (bicyclic) bond motifs is 1. The van der Waals surface area contributed by atoms with Crippen LogP contribution in [0.25, 0.3) is 11.0 Å². The van der Waals surface area contributed by atoms with Gasteiger partial charge in [-0.15, -0.1) is 0 Å². The van der Waals surface area contributed by atoms with Gasteiger partial charge in [-0.2, -0.15) is 0 Å². The lowest BCUT2D eigenvalue weighted by Gasteiger charge is -2.32. The Hall–Kier alpha value is -2.12. The van der Waals surface area contributed by atoms with Crippen molar-refractivity contribution in [2.24, 2.45) is 0 Å². The quantitative estimate of drug-likeness (QED) is 0.730. The maximum atomic E-state index is 12.5. The molecule has 1 aliphatic heterocycles. The molecule has 28 heavy (non-hydrogen) atoms. The molecular weight excluding hydrogens is 354 g/mol. The number of amides is 2. The molecule has 0 bridgehead atoms. The van der Waals surface area contributed by atoms with Crippen LogP contribution in [0.5, 0.6) is 0 Å². The Labute approximate surface area is 167 Å². The molecule has 7 heteroatoms. The average molecular weight is 388 g/mol. The number of urea groups is 1. The van der Waals surface area contributed by atoms with Crippen LogP contribution < -0.4 is 5.32 Å². The van der Waals surface area contributed by atoms with Gasteiger partial charge in [0.25, 0.3) is 0 Å². The summed E-state index contributed by atoms with van der Waals surface area (Å²) in [6.45, 7) is 11.9. The highest BCUT2D eigenvalue weighted by Crippen LogP contribution is 2.15. The van der Waals surface area contributed by atoms with E-state index in [1.165, 1.54) is 5.56 Å². The minimum absolute atomic E-state index is 0.00368. The van der Waals surface area contributed by atoms with Gasteiger partial charge in [-0.05, 0) is 38.8 Å². The Bertz CT molecular complexity index is 769. The highest BCUT2D eigenvalue weighted by atomic mass is 16.5. The number of carbonyl (C=O) groups is 1. The number of para-hydroxylation sites is 1. The average Bonchev–Trinajstić information content (AvgIpc) is 3.13. The maximum Gasteiger partial charge on any atom is 0.317 e. The number of aryl methyl sites for hydroxylation is 1. The fourth-order valence-corrected chi connectivity index (χ4v) is 3.69. The normalized spacial score (nSPS) is 16.2. The lowest BCUT2D eigenvalue weighted by molar-refractivity contribution is 0.0188. The molecule has 2 N–H and O–H groups in total. The largest absolute Gasteiger partial charge is 0.379 e. The van der Waals surface area contributed by atoms with Crippen molar-refractivity contribution in [3.8, 4) is 0 Å². The molecule has 1 fully saturated rings. The monoisotopic (exact) mass is 387 g/mol. The molecular formula is C21H33N5O2. The standard InChI is InChI=1S/C21H33N5O2/c1-4-25(11-9-19-23-18-7-5-6-16(2)20(18)24-19)21(27)22-10-8-17(3)26-12-14-28-15-13-26/h5-7,17H,4,8-15H2,1-3H3,(H,22,27)(H,23,24)/t17-/m0/s1. The third kappa shape index (κ3) is 5.23. The number of likely N-dealkylation sites (N-methyl/N-ethyl adjacent to an activating group) is 1. The van der Waals surface area contributed by atoms with E-state index in [1.54, 1.807) is 0 Å². The molecule has 0 radical (unpaired) electrons.